The van der Waals surface area contributed by atoms with Crippen molar-refractivity contribution in [3.05, 3.63) is 83.9 Å². The van der Waals surface area contributed by atoms with Crippen LogP contribution in [0.25, 0.3) is 0 Å². The molecule has 0 radical (unpaired) electrons. The van der Waals surface area contributed by atoms with Crippen LogP contribution in [0.3, 0.4) is 0 Å². The van der Waals surface area contributed by atoms with Crippen molar-refractivity contribution in [2.75, 3.05) is 44.7 Å². The van der Waals surface area contributed by atoms with Crippen molar-refractivity contribution in [1.29, 1.82) is 5.26 Å². The number of carbonyl (C=O) groups is 1. The number of aromatic nitrogens is 2. The average molecular weight is 603 g/mol. The first-order chi connectivity index (χ1) is 21.4. The number of likely N-dealkylation sites (tertiary alicyclic amines) is 1. The maximum absolute atomic E-state index is 14.9. The van der Waals surface area contributed by atoms with E-state index in [1.54, 1.807) is 19.6 Å². The molecular formula is C34H40F2N6O2. The van der Waals surface area contributed by atoms with Crippen LogP contribution in [-0.2, 0) is 16.7 Å². The monoisotopic (exact) mass is 602 g/mol. The van der Waals surface area contributed by atoms with E-state index in [0.29, 0.717) is 23.6 Å². The minimum Gasteiger partial charge on any atom is -0.446 e. The van der Waals surface area contributed by atoms with E-state index >= 15 is 0 Å². The number of piperidine rings is 1. The number of amides is 1. The fourth-order valence-electron chi connectivity index (χ4n) is 8.09. The second kappa shape index (κ2) is 12.9. The molecule has 3 aliphatic rings. The first kappa shape index (κ1) is 30.1. The number of imidazole rings is 1. The molecule has 3 heterocycles. The Morgan fingerprint density at radius 2 is 1.82 bits per heavy atom. The first-order valence-electron chi connectivity index (χ1n) is 15.7. The van der Waals surface area contributed by atoms with Crippen LogP contribution in [0.15, 0.2) is 61.2 Å². The molecule has 1 amide bonds. The van der Waals surface area contributed by atoms with Crippen molar-refractivity contribution in [3.63, 3.8) is 0 Å². The third kappa shape index (κ3) is 6.16. The molecule has 6 rings (SSSR count). The summed E-state index contributed by atoms with van der Waals surface area (Å²) in [5, 5.41) is 11.7. The van der Waals surface area contributed by atoms with Crippen LogP contribution in [-0.4, -0.2) is 66.4 Å². The number of nitrogens with zero attached hydrogens (tertiary/aromatic N) is 5. The van der Waals surface area contributed by atoms with Crippen molar-refractivity contribution in [3.8, 4) is 6.07 Å². The summed E-state index contributed by atoms with van der Waals surface area (Å²) in [6, 6.07) is 13.8. The Labute approximate surface area is 257 Å². The van der Waals surface area contributed by atoms with Gasteiger partial charge in [0.1, 0.15) is 17.7 Å². The normalized spacial score (nSPS) is 22.6. The number of anilines is 1. The summed E-state index contributed by atoms with van der Waals surface area (Å²) >= 11 is 0. The molecule has 3 fully saturated rings. The molecule has 0 spiro atoms. The number of nitriles is 1. The Kier molecular flexibility index (Phi) is 8.85. The Balaban J connectivity index is 1.22. The summed E-state index contributed by atoms with van der Waals surface area (Å²) in [6.45, 7) is 5.28. The lowest BCUT2D eigenvalue weighted by Crippen LogP contribution is -2.55. The smallest absolute Gasteiger partial charge is 0.407 e. The molecule has 3 atom stereocenters. The minimum atomic E-state index is -0.659. The first-order valence-corrected chi connectivity index (χ1v) is 15.7. The van der Waals surface area contributed by atoms with E-state index in [-0.39, 0.29) is 17.9 Å². The Hall–Kier alpha value is -3.97. The maximum Gasteiger partial charge on any atom is 0.407 e. The van der Waals surface area contributed by atoms with E-state index in [2.05, 4.69) is 26.2 Å². The van der Waals surface area contributed by atoms with Gasteiger partial charge < -0.3 is 24.4 Å². The number of hydrogen-bond donors (Lipinski definition) is 1. The van der Waals surface area contributed by atoms with Gasteiger partial charge in [-0.3, -0.25) is 0 Å². The van der Waals surface area contributed by atoms with Gasteiger partial charge in [-0.25, -0.2) is 18.6 Å². The molecule has 1 N–H and O–H groups in total. The summed E-state index contributed by atoms with van der Waals surface area (Å²) in [5.41, 5.74) is 1.79. The molecule has 8 nitrogen and oxygen atoms in total. The van der Waals surface area contributed by atoms with Crippen LogP contribution < -0.4 is 10.2 Å². The van der Waals surface area contributed by atoms with Crippen LogP contribution in [0.4, 0.5) is 19.3 Å². The molecule has 44 heavy (non-hydrogen) atoms. The quantitative estimate of drug-likeness (QED) is 0.356. The Bertz CT molecular complexity index is 1440. The maximum atomic E-state index is 14.9. The van der Waals surface area contributed by atoms with E-state index in [1.807, 2.05) is 35.0 Å². The summed E-state index contributed by atoms with van der Waals surface area (Å²) < 4.78 is 37.8. The predicted octanol–water partition coefficient (Wildman–Crippen LogP) is 5.34. The highest BCUT2D eigenvalue weighted by Gasteiger charge is 2.53. The van der Waals surface area contributed by atoms with E-state index in [0.717, 1.165) is 76.6 Å². The van der Waals surface area contributed by atoms with E-state index < -0.39 is 23.1 Å². The zero-order valence-electron chi connectivity index (χ0n) is 25.2. The van der Waals surface area contributed by atoms with Crippen LogP contribution in [0, 0.1) is 40.7 Å². The van der Waals surface area contributed by atoms with Gasteiger partial charge in [0.25, 0.3) is 0 Å². The van der Waals surface area contributed by atoms with Gasteiger partial charge in [0.15, 0.2) is 0 Å². The molecule has 232 valence electrons. The summed E-state index contributed by atoms with van der Waals surface area (Å²) in [6.07, 6.45) is 8.72. The van der Waals surface area contributed by atoms with E-state index in [4.69, 9.17) is 10.00 Å². The zero-order chi connectivity index (χ0) is 30.7. The highest BCUT2D eigenvalue weighted by atomic mass is 19.1. The van der Waals surface area contributed by atoms with Crippen LogP contribution in [0.1, 0.15) is 43.2 Å². The van der Waals surface area contributed by atoms with Crippen LogP contribution >= 0.6 is 0 Å². The second-order valence-corrected chi connectivity index (χ2v) is 12.7. The Morgan fingerprint density at radius 1 is 1.09 bits per heavy atom. The van der Waals surface area contributed by atoms with Crippen LogP contribution in [0.2, 0.25) is 0 Å². The fourth-order valence-corrected chi connectivity index (χ4v) is 8.09. The lowest BCUT2D eigenvalue weighted by Gasteiger charge is -2.51. The molecule has 10 heteroatoms. The largest absolute Gasteiger partial charge is 0.446 e. The van der Waals surface area contributed by atoms with Gasteiger partial charge in [-0.1, -0.05) is 0 Å². The van der Waals surface area contributed by atoms with Crippen molar-refractivity contribution in [1.82, 2.24) is 19.8 Å². The summed E-state index contributed by atoms with van der Waals surface area (Å²) in [7, 11) is 1.55. The molecule has 1 aromatic heterocycles. The standard InChI is InChI=1S/C34H40F2N6O2/c1-38-33(43)44-32-4-2-3-31(32)34(22-41-14-11-39-23-41,27-15-28(35)17-29(36)16-27)26-9-12-40(13-10-26)19-25-20-42(21-25)30-7-5-24(18-37)6-8-30/h5-8,11,14-17,23,25-26,31-32H,2-4,9-10,12-13,19-22H2,1H3,(H,38,43)/t31-,32-,34?/m0/s1. The number of carbonyl (C=O) groups excluding carboxylic acids is 1. The second-order valence-electron chi connectivity index (χ2n) is 12.7. The number of rotatable bonds is 9. The van der Waals surface area contributed by atoms with Gasteiger partial charge in [-0.05, 0) is 93.1 Å². The van der Waals surface area contributed by atoms with Gasteiger partial charge in [0.2, 0.25) is 0 Å². The molecule has 1 unspecified atom stereocenters. The number of halogens is 2. The topological polar surface area (TPSA) is 86.4 Å². The lowest BCUT2D eigenvalue weighted by molar-refractivity contribution is 0.00178. The summed E-state index contributed by atoms with van der Waals surface area (Å²) in [4.78, 5) is 21.6. The number of nitrogens with one attached hydrogen (secondary N) is 1. The lowest BCUT2D eigenvalue weighted by atomic mass is 9.58. The molecule has 2 aromatic carbocycles. The molecular weight excluding hydrogens is 562 g/mol. The third-order valence-corrected chi connectivity index (χ3v) is 10.1. The average Bonchev–Trinajstić information content (AvgIpc) is 3.70. The highest BCUT2D eigenvalue weighted by Crippen LogP contribution is 2.52. The van der Waals surface area contributed by atoms with Crippen molar-refractivity contribution in [2.24, 2.45) is 17.8 Å². The fraction of sp³-hybridized carbons (Fsp3) is 0.500. The van der Waals surface area contributed by atoms with Crippen molar-refractivity contribution >= 4 is 11.8 Å². The van der Waals surface area contributed by atoms with Gasteiger partial charge in [-0.2, -0.15) is 5.26 Å². The number of hydrogen-bond acceptors (Lipinski definition) is 6. The van der Waals surface area contributed by atoms with Gasteiger partial charge >= 0.3 is 6.09 Å². The number of ether oxygens (including phenoxy) is 1. The van der Waals surface area contributed by atoms with Crippen molar-refractivity contribution < 1.29 is 18.3 Å². The molecule has 2 saturated heterocycles. The number of benzene rings is 2. The van der Waals surface area contributed by atoms with Gasteiger partial charge in [0.05, 0.1) is 18.0 Å². The third-order valence-electron chi connectivity index (χ3n) is 10.1. The molecule has 1 aliphatic carbocycles. The highest BCUT2D eigenvalue weighted by molar-refractivity contribution is 5.67. The molecule has 0 bridgehead atoms. The van der Waals surface area contributed by atoms with Crippen molar-refractivity contribution in [2.45, 2.75) is 50.2 Å². The summed E-state index contributed by atoms with van der Waals surface area (Å²) in [5.74, 6) is -0.599. The predicted molar refractivity (Wildman–Crippen MR) is 163 cm³/mol. The molecule has 1 saturated carbocycles. The van der Waals surface area contributed by atoms with Gasteiger partial charge in [-0.15, -0.1) is 0 Å². The number of alkyl carbamates (subject to hydrolysis) is 1. The molecule has 3 aromatic rings. The van der Waals surface area contributed by atoms with E-state index in [1.165, 1.54) is 12.1 Å². The molecule has 2 aliphatic heterocycles. The zero-order valence-corrected chi connectivity index (χ0v) is 25.2. The van der Waals surface area contributed by atoms with E-state index in [9.17, 15) is 13.6 Å². The Morgan fingerprint density at radius 3 is 2.45 bits per heavy atom. The SMILES string of the molecule is CNC(=O)O[C@H]1CCC[C@@H]1C(Cn1ccnc1)(c1cc(F)cc(F)c1)C1CCN(CC2CN(c3ccc(C#N)cc3)C2)CC1. The van der Waals surface area contributed by atoms with Crippen LogP contribution in [0.5, 0.6) is 0 Å². The van der Waals surface area contributed by atoms with Gasteiger partial charge in [0, 0.05) is 74.6 Å². The minimum absolute atomic E-state index is 0.104.